The molecule has 4 aliphatic heterocycles. The van der Waals surface area contributed by atoms with Gasteiger partial charge in [0.15, 0.2) is 0 Å². The fourth-order valence-electron chi connectivity index (χ4n) is 7.92. The van der Waals surface area contributed by atoms with Crippen molar-refractivity contribution in [1.29, 1.82) is 0 Å². The number of piperazine rings is 1. The number of rotatable bonds is 7. The van der Waals surface area contributed by atoms with Crippen LogP contribution < -0.4 is 15.2 Å². The maximum atomic E-state index is 14.1. The minimum absolute atomic E-state index is 0.103. The van der Waals surface area contributed by atoms with Crippen LogP contribution in [-0.4, -0.2) is 65.1 Å². The summed E-state index contributed by atoms with van der Waals surface area (Å²) in [7, 11) is 0. The van der Waals surface area contributed by atoms with Gasteiger partial charge in [0.25, 0.3) is 5.56 Å². The number of aromatic nitrogens is 2. The Labute approximate surface area is 283 Å². The third kappa shape index (κ3) is 5.01. The third-order valence-corrected chi connectivity index (χ3v) is 10.6. The Balaban J connectivity index is 1.07. The summed E-state index contributed by atoms with van der Waals surface area (Å²) in [6, 6.07) is 13.9. The summed E-state index contributed by atoms with van der Waals surface area (Å²) in [6.07, 6.45) is 1.05. The molecule has 8 rings (SSSR count). The number of anilines is 1. The van der Waals surface area contributed by atoms with Gasteiger partial charge < -0.3 is 23.7 Å². The number of pyridine rings is 2. The molecule has 0 spiro atoms. The van der Waals surface area contributed by atoms with E-state index in [1.807, 2.05) is 13.0 Å². The van der Waals surface area contributed by atoms with Gasteiger partial charge in [-0.2, -0.15) is 0 Å². The lowest BCUT2D eigenvalue weighted by molar-refractivity contribution is -0.189. The van der Waals surface area contributed by atoms with Gasteiger partial charge in [-0.1, -0.05) is 31.5 Å². The van der Waals surface area contributed by atoms with Crippen LogP contribution in [0.25, 0.3) is 22.3 Å². The molecule has 49 heavy (non-hydrogen) atoms. The van der Waals surface area contributed by atoms with Crippen LogP contribution in [0.2, 0.25) is 0 Å². The van der Waals surface area contributed by atoms with Crippen molar-refractivity contribution in [2.45, 2.75) is 65.2 Å². The zero-order chi connectivity index (χ0) is 34.0. The van der Waals surface area contributed by atoms with Gasteiger partial charge in [-0.15, -0.1) is 0 Å². The summed E-state index contributed by atoms with van der Waals surface area (Å²) in [6.45, 7) is 9.80. The maximum Gasteiger partial charge on any atom is 0.355 e. The van der Waals surface area contributed by atoms with E-state index in [-0.39, 0.29) is 37.4 Å². The highest BCUT2D eigenvalue weighted by atomic mass is 16.6. The third-order valence-electron chi connectivity index (χ3n) is 10.6. The lowest BCUT2D eigenvalue weighted by atomic mass is 9.85. The van der Waals surface area contributed by atoms with E-state index >= 15 is 0 Å². The molecule has 0 amide bonds. The topological polar surface area (TPSA) is 120 Å². The van der Waals surface area contributed by atoms with E-state index < -0.39 is 17.5 Å². The van der Waals surface area contributed by atoms with Crippen LogP contribution in [0.4, 0.5) is 5.69 Å². The molecule has 1 atom stereocenters. The van der Waals surface area contributed by atoms with Crippen molar-refractivity contribution in [3.05, 3.63) is 86.2 Å². The molecule has 0 bridgehead atoms. The number of hydrogen-bond donors (Lipinski definition) is 0. The van der Waals surface area contributed by atoms with Gasteiger partial charge in [0.1, 0.15) is 12.4 Å². The predicted molar refractivity (Wildman–Crippen MR) is 182 cm³/mol. The number of ether oxygens (including phenoxy) is 3. The van der Waals surface area contributed by atoms with Crippen molar-refractivity contribution >= 4 is 34.5 Å². The van der Waals surface area contributed by atoms with Gasteiger partial charge >= 0.3 is 17.9 Å². The number of carbonyl (C=O) groups is 3. The van der Waals surface area contributed by atoms with E-state index in [1.165, 1.54) is 11.3 Å². The molecule has 1 saturated heterocycles. The Bertz CT molecular complexity index is 2110. The summed E-state index contributed by atoms with van der Waals surface area (Å²) in [5.41, 5.74) is 5.70. The number of cyclic esters (lactones) is 1. The second-order valence-electron chi connectivity index (χ2n) is 13.3. The molecule has 0 unspecified atom stereocenters. The summed E-state index contributed by atoms with van der Waals surface area (Å²) in [5, 5.41) is 0.891. The number of fused-ring (bicyclic) bond motifs is 7. The van der Waals surface area contributed by atoms with Crippen LogP contribution in [0, 0.1) is 6.92 Å². The van der Waals surface area contributed by atoms with Crippen LogP contribution in [-0.2, 0) is 55.5 Å². The van der Waals surface area contributed by atoms with E-state index in [9.17, 15) is 19.2 Å². The van der Waals surface area contributed by atoms with Crippen molar-refractivity contribution in [3.8, 4) is 17.1 Å². The van der Waals surface area contributed by atoms with Gasteiger partial charge in [-0.05, 0) is 55.7 Å². The molecule has 6 heterocycles. The molecule has 4 aliphatic rings. The summed E-state index contributed by atoms with van der Waals surface area (Å²) < 4.78 is 18.7. The van der Waals surface area contributed by atoms with Crippen LogP contribution in [0.15, 0.2) is 47.3 Å². The summed E-state index contributed by atoms with van der Waals surface area (Å²) in [4.78, 5) is 62.8. The Morgan fingerprint density at radius 2 is 1.76 bits per heavy atom. The second-order valence-corrected chi connectivity index (χ2v) is 13.3. The Kier molecular flexibility index (Phi) is 7.55. The number of esters is 3. The van der Waals surface area contributed by atoms with Crippen LogP contribution in [0.5, 0.6) is 5.75 Å². The van der Waals surface area contributed by atoms with Crippen molar-refractivity contribution in [2.75, 3.05) is 37.6 Å². The molecule has 0 aliphatic carbocycles. The van der Waals surface area contributed by atoms with E-state index in [4.69, 9.17) is 19.2 Å². The van der Waals surface area contributed by atoms with Gasteiger partial charge in [-0.3, -0.25) is 19.3 Å². The SMILES string of the molecule is CCc1c2c(nc3ccc4c(c13)CC(=O)O4)-c1cc3c(c(=O)n1C2)COC(=O)[C@@]3(CC)OC(=O)CCN1CCN(c2ccc(C)cc2)CC1. The first-order valence-corrected chi connectivity index (χ1v) is 17.1. The molecule has 0 N–H and O–H groups in total. The van der Waals surface area contributed by atoms with E-state index in [1.54, 1.807) is 23.6 Å². The molecule has 4 aromatic rings. The fourth-order valence-corrected chi connectivity index (χ4v) is 7.92. The summed E-state index contributed by atoms with van der Waals surface area (Å²) in [5.74, 6) is -0.942. The number of benzene rings is 2. The molecular formula is C38H38N4O7. The van der Waals surface area contributed by atoms with Crippen LogP contribution >= 0.6 is 0 Å². The molecule has 11 nitrogen and oxygen atoms in total. The number of aryl methyl sites for hydroxylation is 2. The minimum Gasteiger partial charge on any atom is -0.457 e. The number of carbonyl (C=O) groups excluding carboxylic acids is 3. The van der Waals surface area contributed by atoms with Crippen molar-refractivity contribution < 1.29 is 28.6 Å². The molecule has 2 aromatic carbocycles. The Hall–Kier alpha value is -5.03. The zero-order valence-electron chi connectivity index (χ0n) is 28.0. The van der Waals surface area contributed by atoms with Crippen molar-refractivity contribution in [1.82, 2.24) is 14.5 Å². The van der Waals surface area contributed by atoms with E-state index in [0.29, 0.717) is 53.3 Å². The molecule has 252 valence electrons. The molecule has 11 heteroatoms. The lowest BCUT2D eigenvalue weighted by Gasteiger charge is -2.37. The zero-order valence-corrected chi connectivity index (χ0v) is 28.0. The molecule has 0 saturated carbocycles. The molecular weight excluding hydrogens is 624 g/mol. The van der Waals surface area contributed by atoms with Gasteiger partial charge in [0, 0.05) is 60.5 Å². The van der Waals surface area contributed by atoms with Crippen LogP contribution in [0.3, 0.4) is 0 Å². The molecule has 1 fully saturated rings. The monoisotopic (exact) mass is 662 g/mol. The maximum absolute atomic E-state index is 14.1. The first-order chi connectivity index (χ1) is 23.7. The Morgan fingerprint density at radius 3 is 2.49 bits per heavy atom. The highest BCUT2D eigenvalue weighted by molar-refractivity contribution is 5.97. The van der Waals surface area contributed by atoms with E-state index in [2.05, 4.69) is 41.0 Å². The largest absolute Gasteiger partial charge is 0.457 e. The van der Waals surface area contributed by atoms with Crippen LogP contribution in [0.1, 0.15) is 60.1 Å². The number of hydrogen-bond acceptors (Lipinski definition) is 10. The van der Waals surface area contributed by atoms with Crippen molar-refractivity contribution in [2.24, 2.45) is 0 Å². The molecule has 0 radical (unpaired) electrons. The fraction of sp³-hybridized carbons (Fsp3) is 0.395. The van der Waals surface area contributed by atoms with E-state index in [0.717, 1.165) is 48.3 Å². The second kappa shape index (κ2) is 11.8. The average Bonchev–Trinajstić information content (AvgIpc) is 3.68. The quantitative estimate of drug-likeness (QED) is 0.186. The Morgan fingerprint density at radius 1 is 0.980 bits per heavy atom. The first kappa shape index (κ1) is 31.3. The van der Waals surface area contributed by atoms with Crippen molar-refractivity contribution in [3.63, 3.8) is 0 Å². The summed E-state index contributed by atoms with van der Waals surface area (Å²) >= 11 is 0. The minimum atomic E-state index is -1.74. The standard InChI is InChI=1S/C38H38N4O7/c1-4-24-26-20-42-30(35(26)39-29-10-11-31-25(34(24)29)18-33(44)48-31)19-28-27(36(42)45)21-47-37(46)38(28,5-2)49-32(43)12-13-40-14-16-41(17-15-40)23-8-6-22(3)7-9-23/h6-11,19H,4-5,12-18,20-21H2,1-3H3/t38-/m0/s1. The van der Waals surface area contributed by atoms with Gasteiger partial charge in [0.05, 0.1) is 41.9 Å². The smallest absolute Gasteiger partial charge is 0.355 e. The first-order valence-electron chi connectivity index (χ1n) is 17.1. The predicted octanol–water partition coefficient (Wildman–Crippen LogP) is 4.18. The molecule has 2 aromatic heterocycles. The lowest BCUT2D eigenvalue weighted by Crippen LogP contribution is -2.49. The highest BCUT2D eigenvalue weighted by Crippen LogP contribution is 2.44. The number of nitrogens with zero attached hydrogens (tertiary/aromatic N) is 4. The highest BCUT2D eigenvalue weighted by Gasteiger charge is 2.50. The van der Waals surface area contributed by atoms with Gasteiger partial charge in [-0.25, -0.2) is 9.78 Å². The average molecular weight is 663 g/mol. The van der Waals surface area contributed by atoms with Gasteiger partial charge in [0.2, 0.25) is 5.60 Å². The normalized spacial score (nSPS) is 19.6.